The Morgan fingerprint density at radius 1 is 1.30 bits per heavy atom. The van der Waals surface area contributed by atoms with Crippen molar-refractivity contribution in [3.8, 4) is 17.2 Å². The van der Waals surface area contributed by atoms with Crippen LogP contribution in [0, 0.1) is 17.1 Å². The molecule has 0 atom stereocenters. The van der Waals surface area contributed by atoms with Gasteiger partial charge in [-0.3, -0.25) is 14.5 Å². The summed E-state index contributed by atoms with van der Waals surface area (Å²) in [5.74, 6) is -1.28. The Morgan fingerprint density at radius 2 is 2.07 bits per heavy atom. The average Bonchev–Trinajstić information content (AvgIpc) is 3.04. The van der Waals surface area contributed by atoms with Gasteiger partial charge in [0.25, 0.3) is 6.43 Å². The van der Waals surface area contributed by atoms with Crippen LogP contribution in [0.5, 0.6) is 0 Å². The minimum Gasteiger partial charge on any atom is -0.331 e. The lowest BCUT2D eigenvalue weighted by atomic mass is 10.0. The zero-order valence-electron chi connectivity index (χ0n) is 14.2. The number of halogens is 3. The number of amides is 1. The summed E-state index contributed by atoms with van der Waals surface area (Å²) in [6.07, 6.45) is 0.0207. The Balaban J connectivity index is 1.97. The predicted molar refractivity (Wildman–Crippen MR) is 91.1 cm³/mol. The van der Waals surface area contributed by atoms with Crippen LogP contribution in [0.15, 0.2) is 36.7 Å². The molecule has 2 heterocycles. The minimum absolute atomic E-state index is 0.0481. The Morgan fingerprint density at radius 3 is 2.78 bits per heavy atom. The number of rotatable bonds is 5. The third-order valence-corrected chi connectivity index (χ3v) is 4.08. The maximum Gasteiger partial charge on any atom is 0.266 e. The van der Waals surface area contributed by atoms with Crippen LogP contribution in [0.2, 0.25) is 0 Å². The normalized spacial score (nSPS) is 11.0. The first-order valence-electron chi connectivity index (χ1n) is 7.91. The monoisotopic (exact) mass is 373 g/mol. The molecule has 1 amide bonds. The highest BCUT2D eigenvalue weighted by Gasteiger charge is 2.16. The SMILES string of the molecule is CN(CC#N)C(=O)Cn1ncc2ncc(-c3ccc(F)c(C(F)F)c3)cc21. The van der Waals surface area contributed by atoms with E-state index < -0.39 is 17.8 Å². The van der Waals surface area contributed by atoms with E-state index in [0.717, 1.165) is 12.1 Å². The molecule has 0 saturated carbocycles. The lowest BCUT2D eigenvalue weighted by molar-refractivity contribution is -0.130. The Labute approximate surface area is 152 Å². The lowest BCUT2D eigenvalue weighted by Gasteiger charge is -2.13. The molecule has 0 radical (unpaired) electrons. The van der Waals surface area contributed by atoms with Crippen LogP contribution in [0.4, 0.5) is 13.2 Å². The fraction of sp³-hybridized carbons (Fsp3) is 0.222. The summed E-state index contributed by atoms with van der Waals surface area (Å²) in [7, 11) is 1.51. The van der Waals surface area contributed by atoms with Crippen molar-refractivity contribution in [3.63, 3.8) is 0 Å². The molecule has 138 valence electrons. The van der Waals surface area contributed by atoms with E-state index in [-0.39, 0.29) is 19.0 Å². The molecule has 3 aromatic rings. The van der Waals surface area contributed by atoms with Gasteiger partial charge in [0, 0.05) is 18.8 Å². The van der Waals surface area contributed by atoms with Crippen molar-refractivity contribution in [3.05, 3.63) is 48.0 Å². The molecule has 0 bridgehead atoms. The highest BCUT2D eigenvalue weighted by molar-refractivity contribution is 5.83. The first-order chi connectivity index (χ1) is 12.9. The van der Waals surface area contributed by atoms with E-state index in [1.165, 1.54) is 35.1 Å². The molecule has 6 nitrogen and oxygen atoms in total. The molecule has 3 rings (SSSR count). The fourth-order valence-corrected chi connectivity index (χ4v) is 2.57. The molecular formula is C18H14F3N5O. The molecule has 27 heavy (non-hydrogen) atoms. The maximum atomic E-state index is 13.5. The number of fused-ring (bicyclic) bond motifs is 1. The van der Waals surface area contributed by atoms with Gasteiger partial charge in [0.2, 0.25) is 5.91 Å². The van der Waals surface area contributed by atoms with Crippen molar-refractivity contribution in [2.45, 2.75) is 13.0 Å². The largest absolute Gasteiger partial charge is 0.331 e. The number of pyridine rings is 1. The van der Waals surface area contributed by atoms with Gasteiger partial charge in [-0.1, -0.05) is 6.07 Å². The summed E-state index contributed by atoms with van der Waals surface area (Å²) < 4.78 is 40.8. The highest BCUT2D eigenvalue weighted by Crippen LogP contribution is 2.29. The number of aromatic nitrogens is 3. The highest BCUT2D eigenvalue weighted by atomic mass is 19.3. The summed E-state index contributed by atoms with van der Waals surface area (Å²) >= 11 is 0. The molecule has 0 unspecified atom stereocenters. The quantitative estimate of drug-likeness (QED) is 0.644. The van der Waals surface area contributed by atoms with Crippen molar-refractivity contribution >= 4 is 16.9 Å². The Hall–Kier alpha value is -3.41. The first-order valence-corrected chi connectivity index (χ1v) is 7.91. The maximum absolute atomic E-state index is 13.5. The van der Waals surface area contributed by atoms with E-state index in [1.807, 2.05) is 6.07 Å². The molecule has 0 N–H and O–H groups in total. The van der Waals surface area contributed by atoms with Crippen molar-refractivity contribution in [1.29, 1.82) is 5.26 Å². The summed E-state index contributed by atoms with van der Waals surface area (Å²) in [5, 5.41) is 12.8. The number of nitrogens with zero attached hydrogens (tertiary/aromatic N) is 5. The minimum atomic E-state index is -2.93. The summed E-state index contributed by atoms with van der Waals surface area (Å²) in [6, 6.07) is 6.98. The van der Waals surface area contributed by atoms with Crippen LogP contribution in [0.3, 0.4) is 0 Å². The number of benzene rings is 1. The molecule has 0 aliphatic carbocycles. The molecule has 0 spiro atoms. The third kappa shape index (κ3) is 3.74. The van der Waals surface area contributed by atoms with Crippen LogP contribution >= 0.6 is 0 Å². The summed E-state index contributed by atoms with van der Waals surface area (Å²) in [4.78, 5) is 17.6. The van der Waals surface area contributed by atoms with E-state index in [4.69, 9.17) is 5.26 Å². The Bertz CT molecular complexity index is 1040. The van der Waals surface area contributed by atoms with E-state index in [1.54, 1.807) is 6.07 Å². The van der Waals surface area contributed by atoms with Crippen LogP contribution in [-0.4, -0.2) is 39.2 Å². The van der Waals surface area contributed by atoms with Crippen molar-refractivity contribution < 1.29 is 18.0 Å². The number of carbonyl (C=O) groups excluding carboxylic acids is 1. The van der Waals surface area contributed by atoms with Gasteiger partial charge in [-0.25, -0.2) is 13.2 Å². The molecule has 9 heteroatoms. The van der Waals surface area contributed by atoms with Gasteiger partial charge in [0.05, 0.1) is 23.3 Å². The molecule has 0 aliphatic rings. The summed E-state index contributed by atoms with van der Waals surface area (Å²) in [6.45, 7) is -0.147. The lowest BCUT2D eigenvalue weighted by Crippen LogP contribution is -2.30. The second kappa shape index (κ2) is 7.45. The number of alkyl halides is 2. The van der Waals surface area contributed by atoms with Crippen molar-refractivity contribution in [2.24, 2.45) is 0 Å². The molecular weight excluding hydrogens is 359 g/mol. The molecule has 2 aromatic heterocycles. The number of hydrogen-bond donors (Lipinski definition) is 0. The Kier molecular flexibility index (Phi) is 5.07. The van der Waals surface area contributed by atoms with E-state index in [2.05, 4.69) is 10.1 Å². The molecule has 0 fully saturated rings. The van der Waals surface area contributed by atoms with Crippen molar-refractivity contribution in [1.82, 2.24) is 19.7 Å². The molecule has 1 aromatic carbocycles. The van der Waals surface area contributed by atoms with Gasteiger partial charge in [-0.2, -0.15) is 10.4 Å². The van der Waals surface area contributed by atoms with Crippen molar-refractivity contribution in [2.75, 3.05) is 13.6 Å². The van der Waals surface area contributed by atoms with Crippen LogP contribution in [0.1, 0.15) is 12.0 Å². The second-order valence-electron chi connectivity index (χ2n) is 5.88. The van der Waals surface area contributed by atoms with Gasteiger partial charge < -0.3 is 4.90 Å². The predicted octanol–water partition coefficient (Wildman–Crippen LogP) is 3.16. The molecule has 0 saturated heterocycles. The topological polar surface area (TPSA) is 74.8 Å². The van der Waals surface area contributed by atoms with Gasteiger partial charge in [0.15, 0.2) is 0 Å². The van der Waals surface area contributed by atoms with E-state index in [9.17, 15) is 18.0 Å². The van der Waals surface area contributed by atoms with E-state index in [0.29, 0.717) is 22.2 Å². The zero-order valence-corrected chi connectivity index (χ0v) is 14.2. The fourth-order valence-electron chi connectivity index (χ4n) is 2.57. The van der Waals surface area contributed by atoms with Crippen LogP contribution in [0.25, 0.3) is 22.2 Å². The number of hydrogen-bond acceptors (Lipinski definition) is 4. The average molecular weight is 373 g/mol. The standard InChI is InChI=1S/C18H14F3N5O/c1-25(5-4-22)17(27)10-26-16-7-12(8-23-15(16)9-24-26)11-2-3-14(19)13(6-11)18(20)21/h2-3,6-9,18H,5,10H2,1H3. The second-order valence-corrected chi connectivity index (χ2v) is 5.88. The first kappa shape index (κ1) is 18.4. The van der Waals surface area contributed by atoms with Crippen LogP contribution in [-0.2, 0) is 11.3 Å². The zero-order chi connectivity index (χ0) is 19.6. The number of likely N-dealkylation sites (N-methyl/N-ethyl adjacent to an activating group) is 1. The van der Waals surface area contributed by atoms with Crippen LogP contribution < -0.4 is 0 Å². The number of nitriles is 1. The van der Waals surface area contributed by atoms with Gasteiger partial charge in [-0.15, -0.1) is 0 Å². The summed E-state index contributed by atoms with van der Waals surface area (Å²) in [5.41, 5.74) is 1.22. The van der Waals surface area contributed by atoms with Gasteiger partial charge in [0.1, 0.15) is 24.4 Å². The molecule has 0 aliphatic heterocycles. The smallest absolute Gasteiger partial charge is 0.266 e. The third-order valence-electron chi connectivity index (χ3n) is 4.08. The van der Waals surface area contributed by atoms with Gasteiger partial charge >= 0.3 is 0 Å². The van der Waals surface area contributed by atoms with Gasteiger partial charge in [-0.05, 0) is 23.8 Å². The van der Waals surface area contributed by atoms with E-state index >= 15 is 0 Å². The number of carbonyl (C=O) groups is 1.